The van der Waals surface area contributed by atoms with Gasteiger partial charge in [-0.3, -0.25) is 4.79 Å². The van der Waals surface area contributed by atoms with Gasteiger partial charge in [-0.05, 0) is 31.4 Å². The second-order valence-electron chi connectivity index (χ2n) is 5.11. The van der Waals surface area contributed by atoms with E-state index in [0.717, 1.165) is 6.42 Å². The Hall–Kier alpha value is -1.91. The molecule has 0 bridgehead atoms. The van der Waals surface area contributed by atoms with Crippen molar-refractivity contribution in [3.05, 3.63) is 29.6 Å². The predicted molar refractivity (Wildman–Crippen MR) is 72.2 cm³/mol. The molecule has 0 spiro atoms. The van der Waals surface area contributed by atoms with Crippen LogP contribution in [0.25, 0.3) is 0 Å². The zero-order valence-corrected chi connectivity index (χ0v) is 11.8. The number of aromatic nitrogens is 1. The van der Waals surface area contributed by atoms with Crippen molar-refractivity contribution in [2.45, 2.75) is 33.2 Å². The molecule has 1 N–H and O–H groups in total. The molecule has 0 fully saturated rings. The van der Waals surface area contributed by atoms with Crippen LogP contribution in [-0.4, -0.2) is 40.0 Å². The summed E-state index contributed by atoms with van der Waals surface area (Å²) in [6.45, 7) is 6.16. The molecule has 19 heavy (non-hydrogen) atoms. The second-order valence-corrected chi connectivity index (χ2v) is 5.11. The summed E-state index contributed by atoms with van der Waals surface area (Å²) in [5.41, 5.74) is 0.0498. The quantitative estimate of drug-likeness (QED) is 0.885. The molecule has 0 aliphatic rings. The molecule has 0 saturated carbocycles. The highest BCUT2D eigenvalue weighted by molar-refractivity contribution is 5.94. The highest BCUT2D eigenvalue weighted by Gasteiger charge is 2.20. The molecule has 1 heterocycles. The molecule has 0 saturated heterocycles. The fourth-order valence-corrected chi connectivity index (χ4v) is 1.89. The summed E-state index contributed by atoms with van der Waals surface area (Å²) in [6, 6.07) is 4.53. The molecule has 0 aliphatic heterocycles. The fourth-order valence-electron chi connectivity index (χ4n) is 1.89. The number of carbonyl (C=O) groups excluding carboxylic acids is 1. The Bertz CT molecular complexity index is 472. The van der Waals surface area contributed by atoms with Gasteiger partial charge in [0.1, 0.15) is 11.4 Å². The largest absolute Gasteiger partial charge is 0.477 e. The Morgan fingerprint density at radius 2 is 1.84 bits per heavy atom. The SMILES string of the molecule is CC(C)CC(C)N(C)C(=O)c1cccc(C(=O)O)n1. The van der Waals surface area contributed by atoms with Crippen LogP contribution in [-0.2, 0) is 0 Å². The Kier molecular flexibility index (Phi) is 5.03. The van der Waals surface area contributed by atoms with E-state index in [4.69, 9.17) is 5.11 Å². The smallest absolute Gasteiger partial charge is 0.354 e. The van der Waals surface area contributed by atoms with E-state index in [0.29, 0.717) is 5.92 Å². The third-order valence-electron chi connectivity index (χ3n) is 2.98. The van der Waals surface area contributed by atoms with Gasteiger partial charge in [0.15, 0.2) is 0 Å². The van der Waals surface area contributed by atoms with Crippen LogP contribution in [0.15, 0.2) is 18.2 Å². The van der Waals surface area contributed by atoms with Crippen molar-refractivity contribution in [3.8, 4) is 0 Å². The van der Waals surface area contributed by atoms with Crippen molar-refractivity contribution in [3.63, 3.8) is 0 Å². The maximum atomic E-state index is 12.2. The van der Waals surface area contributed by atoms with Crippen LogP contribution in [0.2, 0.25) is 0 Å². The molecule has 1 atom stereocenters. The molecule has 0 aliphatic carbocycles. The van der Waals surface area contributed by atoms with E-state index in [1.54, 1.807) is 11.9 Å². The number of hydrogen-bond donors (Lipinski definition) is 1. The lowest BCUT2D eigenvalue weighted by Crippen LogP contribution is -2.36. The van der Waals surface area contributed by atoms with Gasteiger partial charge in [-0.25, -0.2) is 9.78 Å². The monoisotopic (exact) mass is 264 g/mol. The molecule has 1 amide bonds. The number of carbonyl (C=O) groups is 2. The van der Waals surface area contributed by atoms with Crippen molar-refractivity contribution in [1.29, 1.82) is 0 Å². The van der Waals surface area contributed by atoms with Crippen LogP contribution in [0.1, 0.15) is 48.2 Å². The highest BCUT2D eigenvalue weighted by Crippen LogP contribution is 2.12. The van der Waals surface area contributed by atoms with Crippen LogP contribution in [0, 0.1) is 5.92 Å². The number of aromatic carboxylic acids is 1. The van der Waals surface area contributed by atoms with Gasteiger partial charge >= 0.3 is 5.97 Å². The second kappa shape index (κ2) is 6.31. The Labute approximate surface area is 113 Å². The minimum atomic E-state index is -1.13. The van der Waals surface area contributed by atoms with Gasteiger partial charge in [0, 0.05) is 13.1 Å². The van der Waals surface area contributed by atoms with Crippen molar-refractivity contribution >= 4 is 11.9 Å². The van der Waals surface area contributed by atoms with Gasteiger partial charge in [-0.1, -0.05) is 19.9 Å². The number of rotatable bonds is 5. The average molecular weight is 264 g/mol. The molecule has 0 radical (unpaired) electrons. The number of nitrogens with zero attached hydrogens (tertiary/aromatic N) is 2. The van der Waals surface area contributed by atoms with Crippen LogP contribution in [0.5, 0.6) is 0 Å². The minimum Gasteiger partial charge on any atom is -0.477 e. The molecule has 1 aromatic heterocycles. The average Bonchev–Trinajstić information content (AvgIpc) is 2.36. The fraction of sp³-hybridized carbons (Fsp3) is 0.500. The Morgan fingerprint density at radius 3 is 2.37 bits per heavy atom. The first-order valence-electron chi connectivity index (χ1n) is 6.30. The third-order valence-corrected chi connectivity index (χ3v) is 2.98. The summed E-state index contributed by atoms with van der Waals surface area (Å²) >= 11 is 0. The van der Waals surface area contributed by atoms with Gasteiger partial charge in [0.05, 0.1) is 0 Å². The Balaban J connectivity index is 2.87. The Morgan fingerprint density at radius 1 is 1.26 bits per heavy atom. The molecule has 0 aromatic carbocycles. The highest BCUT2D eigenvalue weighted by atomic mass is 16.4. The first-order valence-corrected chi connectivity index (χ1v) is 6.30. The lowest BCUT2D eigenvalue weighted by Gasteiger charge is -2.26. The summed E-state index contributed by atoms with van der Waals surface area (Å²) in [5, 5.41) is 8.87. The van der Waals surface area contributed by atoms with E-state index in [-0.39, 0.29) is 23.3 Å². The van der Waals surface area contributed by atoms with E-state index >= 15 is 0 Å². The van der Waals surface area contributed by atoms with E-state index < -0.39 is 5.97 Å². The molecule has 5 nitrogen and oxygen atoms in total. The normalized spacial score (nSPS) is 12.3. The maximum absolute atomic E-state index is 12.2. The van der Waals surface area contributed by atoms with E-state index in [1.807, 2.05) is 6.92 Å². The standard InChI is InChI=1S/C14H20N2O3/c1-9(2)8-10(3)16(4)13(17)11-6-5-7-12(15-11)14(18)19/h5-7,9-10H,8H2,1-4H3,(H,18,19). The molecular formula is C14H20N2O3. The lowest BCUT2D eigenvalue weighted by atomic mass is 10.0. The van der Waals surface area contributed by atoms with Gasteiger partial charge in [-0.2, -0.15) is 0 Å². The molecule has 1 unspecified atom stereocenters. The van der Waals surface area contributed by atoms with Gasteiger partial charge in [0.2, 0.25) is 0 Å². The minimum absolute atomic E-state index is 0.0859. The van der Waals surface area contributed by atoms with Crippen molar-refractivity contribution in [2.24, 2.45) is 5.92 Å². The summed E-state index contributed by atoms with van der Waals surface area (Å²) in [4.78, 5) is 28.5. The van der Waals surface area contributed by atoms with Crippen molar-refractivity contribution in [2.75, 3.05) is 7.05 Å². The van der Waals surface area contributed by atoms with Gasteiger partial charge < -0.3 is 10.0 Å². The number of amides is 1. The first-order chi connectivity index (χ1) is 8.82. The number of carboxylic acid groups (broad SMARTS) is 1. The summed E-state index contributed by atoms with van der Waals surface area (Å²) in [7, 11) is 1.71. The molecule has 104 valence electrons. The molecule has 1 rings (SSSR count). The third kappa shape index (κ3) is 4.05. The van der Waals surface area contributed by atoms with Gasteiger partial charge in [-0.15, -0.1) is 0 Å². The number of pyridine rings is 1. The molecule has 1 aromatic rings. The maximum Gasteiger partial charge on any atom is 0.354 e. The van der Waals surface area contributed by atoms with Crippen LogP contribution in [0.4, 0.5) is 0 Å². The van der Waals surface area contributed by atoms with E-state index in [1.165, 1.54) is 18.2 Å². The predicted octanol–water partition coefficient (Wildman–Crippen LogP) is 2.29. The molecule has 5 heteroatoms. The summed E-state index contributed by atoms with van der Waals surface area (Å²) in [6.07, 6.45) is 0.890. The molecular weight excluding hydrogens is 244 g/mol. The summed E-state index contributed by atoms with van der Waals surface area (Å²) < 4.78 is 0. The van der Waals surface area contributed by atoms with Gasteiger partial charge in [0.25, 0.3) is 5.91 Å². The zero-order valence-electron chi connectivity index (χ0n) is 11.8. The number of hydrogen-bond acceptors (Lipinski definition) is 3. The van der Waals surface area contributed by atoms with Crippen molar-refractivity contribution < 1.29 is 14.7 Å². The summed E-state index contributed by atoms with van der Waals surface area (Å²) in [5.74, 6) is -0.896. The van der Waals surface area contributed by atoms with Crippen LogP contribution >= 0.6 is 0 Å². The first kappa shape index (κ1) is 15.1. The lowest BCUT2D eigenvalue weighted by molar-refractivity contribution is 0.0689. The topological polar surface area (TPSA) is 70.5 Å². The van der Waals surface area contributed by atoms with Crippen molar-refractivity contribution in [1.82, 2.24) is 9.88 Å². The van der Waals surface area contributed by atoms with E-state index in [9.17, 15) is 9.59 Å². The number of carboxylic acids is 1. The van der Waals surface area contributed by atoms with E-state index in [2.05, 4.69) is 18.8 Å². The zero-order chi connectivity index (χ0) is 14.6. The van der Waals surface area contributed by atoms with Crippen LogP contribution in [0.3, 0.4) is 0 Å². The van der Waals surface area contributed by atoms with Crippen LogP contribution < -0.4 is 0 Å².